The lowest BCUT2D eigenvalue weighted by Crippen LogP contribution is -2.15. The van der Waals surface area contributed by atoms with Crippen LogP contribution in [0, 0.1) is 13.8 Å². The lowest BCUT2D eigenvalue weighted by atomic mass is 10.2. The number of hydrogen-bond acceptors (Lipinski definition) is 3. The van der Waals surface area contributed by atoms with Crippen molar-refractivity contribution in [3.63, 3.8) is 0 Å². The maximum absolute atomic E-state index is 12.3. The van der Waals surface area contributed by atoms with Gasteiger partial charge in [-0.25, -0.2) is 0 Å². The molecule has 6 heteroatoms. The van der Waals surface area contributed by atoms with Crippen LogP contribution in [-0.2, 0) is 10.0 Å². The van der Waals surface area contributed by atoms with Crippen molar-refractivity contribution in [1.82, 2.24) is 9.19 Å². The molecule has 0 aliphatic rings. The normalized spacial score (nSPS) is 11.7. The van der Waals surface area contributed by atoms with Gasteiger partial charge in [0.25, 0.3) is 10.0 Å². The topological polar surface area (TPSA) is 52.0 Å². The van der Waals surface area contributed by atoms with Gasteiger partial charge in [0, 0.05) is 10.7 Å². The lowest BCUT2D eigenvalue weighted by Gasteiger charge is -2.09. The van der Waals surface area contributed by atoms with E-state index in [0.29, 0.717) is 5.56 Å². The maximum Gasteiger partial charge on any atom is 0.283 e. The first-order chi connectivity index (χ1) is 7.93. The molecule has 90 valence electrons. The fraction of sp³-hybridized carbons (Fsp3) is 0.182. The Kier molecular flexibility index (Phi) is 3.09. The number of hydrogen-bond donors (Lipinski definition) is 0. The van der Waals surface area contributed by atoms with Crippen LogP contribution in [0.3, 0.4) is 0 Å². The fourth-order valence-electron chi connectivity index (χ4n) is 1.53. The van der Waals surface area contributed by atoms with Crippen LogP contribution in [0.25, 0.3) is 0 Å². The van der Waals surface area contributed by atoms with Crippen LogP contribution in [0.4, 0.5) is 0 Å². The molecular formula is C11H11BrN2O2S. The number of nitrogens with zero attached hydrogens (tertiary/aromatic N) is 2. The summed E-state index contributed by atoms with van der Waals surface area (Å²) in [6.45, 7) is 3.62. The zero-order valence-corrected chi connectivity index (χ0v) is 11.8. The number of aryl methyl sites for hydroxylation is 2. The Hall–Kier alpha value is -1.14. The van der Waals surface area contributed by atoms with Gasteiger partial charge >= 0.3 is 0 Å². The predicted octanol–water partition coefficient (Wildman–Crippen LogP) is 2.50. The van der Waals surface area contributed by atoms with Crippen molar-refractivity contribution in [3.8, 4) is 0 Å². The van der Waals surface area contributed by atoms with E-state index in [2.05, 4.69) is 21.0 Å². The zero-order valence-electron chi connectivity index (χ0n) is 9.38. The van der Waals surface area contributed by atoms with Crippen LogP contribution < -0.4 is 0 Å². The minimum absolute atomic E-state index is 0.280. The van der Waals surface area contributed by atoms with E-state index in [1.807, 2.05) is 6.92 Å². The minimum Gasteiger partial charge on any atom is -0.199 e. The van der Waals surface area contributed by atoms with E-state index in [1.165, 1.54) is 12.4 Å². The van der Waals surface area contributed by atoms with Crippen molar-refractivity contribution < 1.29 is 8.42 Å². The minimum atomic E-state index is -3.58. The molecule has 0 bridgehead atoms. The molecule has 0 aliphatic heterocycles. The fourth-order valence-corrected chi connectivity index (χ4v) is 3.39. The molecule has 0 N–H and O–H groups in total. The molecule has 1 aromatic carbocycles. The average Bonchev–Trinajstić information content (AvgIpc) is 2.77. The van der Waals surface area contributed by atoms with E-state index in [4.69, 9.17) is 0 Å². The summed E-state index contributed by atoms with van der Waals surface area (Å²) in [6, 6.07) is 5.03. The molecule has 0 saturated heterocycles. The molecular weight excluding hydrogens is 304 g/mol. The third-order valence-corrected chi connectivity index (χ3v) is 5.02. The van der Waals surface area contributed by atoms with Gasteiger partial charge < -0.3 is 0 Å². The number of rotatable bonds is 2. The molecule has 4 nitrogen and oxygen atoms in total. The van der Waals surface area contributed by atoms with Gasteiger partial charge in [-0.2, -0.15) is 17.6 Å². The molecule has 0 aliphatic carbocycles. The van der Waals surface area contributed by atoms with Crippen LogP contribution in [0.15, 0.2) is 40.0 Å². The van der Waals surface area contributed by atoms with Gasteiger partial charge in [-0.3, -0.25) is 0 Å². The summed E-state index contributed by atoms with van der Waals surface area (Å²) >= 11 is 3.38. The Morgan fingerprint density at radius 1 is 1.24 bits per heavy atom. The second-order valence-electron chi connectivity index (χ2n) is 3.75. The summed E-state index contributed by atoms with van der Waals surface area (Å²) in [4.78, 5) is 0.280. The molecule has 17 heavy (non-hydrogen) atoms. The van der Waals surface area contributed by atoms with Crippen molar-refractivity contribution in [2.45, 2.75) is 18.7 Å². The molecule has 0 amide bonds. The highest BCUT2D eigenvalue weighted by atomic mass is 79.9. The summed E-state index contributed by atoms with van der Waals surface area (Å²) in [5.74, 6) is 0. The molecule has 0 saturated carbocycles. The molecule has 2 aromatic rings. The van der Waals surface area contributed by atoms with Gasteiger partial charge in [-0.05, 0) is 43.2 Å². The van der Waals surface area contributed by atoms with Crippen LogP contribution in [0.1, 0.15) is 11.1 Å². The monoisotopic (exact) mass is 314 g/mol. The number of benzene rings is 1. The number of halogens is 1. The van der Waals surface area contributed by atoms with Crippen molar-refractivity contribution in [3.05, 3.63) is 46.2 Å². The van der Waals surface area contributed by atoms with Gasteiger partial charge in [-0.15, -0.1) is 0 Å². The standard InChI is InChI=1S/C11H11BrN2O2S/c1-8-7-11(9(2)6-10(8)12)17(15,16)14-5-3-4-13-14/h3-7H,1-2H3. The van der Waals surface area contributed by atoms with Crippen molar-refractivity contribution >= 4 is 26.0 Å². The first-order valence-corrected chi connectivity index (χ1v) is 7.18. The molecule has 2 rings (SSSR count). The van der Waals surface area contributed by atoms with Crippen LogP contribution >= 0.6 is 15.9 Å². The smallest absolute Gasteiger partial charge is 0.199 e. The van der Waals surface area contributed by atoms with E-state index < -0.39 is 10.0 Å². The molecule has 1 aromatic heterocycles. The third kappa shape index (κ3) is 2.14. The molecule has 0 atom stereocenters. The average molecular weight is 315 g/mol. The van der Waals surface area contributed by atoms with Gasteiger partial charge in [-0.1, -0.05) is 15.9 Å². The highest BCUT2D eigenvalue weighted by Gasteiger charge is 2.20. The maximum atomic E-state index is 12.3. The van der Waals surface area contributed by atoms with E-state index in [1.54, 1.807) is 25.1 Å². The van der Waals surface area contributed by atoms with Gasteiger partial charge in [0.05, 0.1) is 11.1 Å². The molecule has 0 fully saturated rings. The van der Waals surface area contributed by atoms with Crippen molar-refractivity contribution in [2.24, 2.45) is 0 Å². The largest absolute Gasteiger partial charge is 0.283 e. The Balaban J connectivity index is 2.67. The summed E-state index contributed by atoms with van der Waals surface area (Å²) in [5, 5.41) is 3.77. The summed E-state index contributed by atoms with van der Waals surface area (Å²) < 4.78 is 26.4. The van der Waals surface area contributed by atoms with E-state index in [9.17, 15) is 8.42 Å². The Bertz CT molecular complexity index is 648. The van der Waals surface area contributed by atoms with Gasteiger partial charge in [0.1, 0.15) is 0 Å². The van der Waals surface area contributed by atoms with Gasteiger partial charge in [0.15, 0.2) is 0 Å². The van der Waals surface area contributed by atoms with Gasteiger partial charge in [0.2, 0.25) is 0 Å². The molecule has 1 heterocycles. The van der Waals surface area contributed by atoms with Crippen molar-refractivity contribution in [1.29, 1.82) is 0 Å². The SMILES string of the molecule is Cc1cc(S(=O)(=O)n2cccn2)c(C)cc1Br. The molecule has 0 unspecified atom stereocenters. The van der Waals surface area contributed by atoms with E-state index in [0.717, 1.165) is 14.1 Å². The zero-order chi connectivity index (χ0) is 12.6. The highest BCUT2D eigenvalue weighted by molar-refractivity contribution is 9.10. The Morgan fingerprint density at radius 3 is 2.53 bits per heavy atom. The van der Waals surface area contributed by atoms with Crippen LogP contribution in [0.2, 0.25) is 0 Å². The second kappa shape index (κ2) is 4.27. The quantitative estimate of drug-likeness (QED) is 0.855. The summed E-state index contributed by atoms with van der Waals surface area (Å²) in [6.07, 6.45) is 2.87. The predicted molar refractivity (Wildman–Crippen MR) is 68.4 cm³/mol. The van der Waals surface area contributed by atoms with Crippen LogP contribution in [-0.4, -0.2) is 17.6 Å². The lowest BCUT2D eigenvalue weighted by molar-refractivity contribution is 0.579. The van der Waals surface area contributed by atoms with E-state index in [-0.39, 0.29) is 4.90 Å². The summed E-state index contributed by atoms with van der Waals surface area (Å²) in [5.41, 5.74) is 1.57. The first kappa shape index (κ1) is 12.3. The Morgan fingerprint density at radius 2 is 1.94 bits per heavy atom. The molecule has 0 spiro atoms. The second-order valence-corrected chi connectivity index (χ2v) is 6.37. The van der Waals surface area contributed by atoms with Crippen molar-refractivity contribution in [2.75, 3.05) is 0 Å². The van der Waals surface area contributed by atoms with Crippen LogP contribution in [0.5, 0.6) is 0 Å². The highest BCUT2D eigenvalue weighted by Crippen LogP contribution is 2.25. The van der Waals surface area contributed by atoms with E-state index >= 15 is 0 Å². The third-order valence-electron chi connectivity index (χ3n) is 2.46. The first-order valence-electron chi connectivity index (χ1n) is 4.95. The summed E-state index contributed by atoms with van der Waals surface area (Å²) in [7, 11) is -3.58. The Labute approximate surface area is 108 Å². The molecule has 0 radical (unpaired) electrons. The number of aromatic nitrogens is 2.